The molecule has 0 aliphatic rings. The number of unbranched alkanes of at least 4 members (excludes halogenated alkanes) is 1. The Kier molecular flexibility index (Phi) is 6.93. The summed E-state index contributed by atoms with van der Waals surface area (Å²) in [7, 11) is 0. The van der Waals surface area contributed by atoms with E-state index in [1.807, 2.05) is 4.90 Å². The largest absolute Gasteiger partial charge is 0.462 e. The second-order valence-corrected chi connectivity index (χ2v) is 4.45. The Bertz CT molecular complexity index is 438. The van der Waals surface area contributed by atoms with Crippen LogP contribution in [0.4, 0.5) is 5.95 Å². The number of rotatable bonds is 8. The van der Waals surface area contributed by atoms with Crippen molar-refractivity contribution in [2.45, 2.75) is 33.6 Å². The molecule has 1 N–H and O–H groups in total. The molecule has 0 bridgehead atoms. The Labute approximate surface area is 119 Å². The van der Waals surface area contributed by atoms with E-state index in [-0.39, 0.29) is 6.61 Å². The third kappa shape index (κ3) is 4.45. The molecule has 6 heteroatoms. The molecule has 0 aliphatic carbocycles. The lowest BCUT2D eigenvalue weighted by atomic mass is 10.2. The number of nitrogens with zero attached hydrogens (tertiary/aromatic N) is 3. The summed E-state index contributed by atoms with van der Waals surface area (Å²) in [6.45, 7) is 7.27. The fourth-order valence-electron chi connectivity index (χ4n) is 1.80. The smallest absolute Gasteiger partial charge is 0.341 e. The summed E-state index contributed by atoms with van der Waals surface area (Å²) < 4.78 is 4.95. The van der Waals surface area contributed by atoms with Gasteiger partial charge in [-0.05, 0) is 20.3 Å². The van der Waals surface area contributed by atoms with Crippen LogP contribution in [0, 0.1) is 6.92 Å². The highest BCUT2D eigenvalue weighted by molar-refractivity contribution is 5.90. The predicted molar refractivity (Wildman–Crippen MR) is 76.9 cm³/mol. The molecule has 0 saturated heterocycles. The topological polar surface area (TPSA) is 75.5 Å². The monoisotopic (exact) mass is 281 g/mol. The number of aliphatic hydroxyl groups is 1. The third-order valence-corrected chi connectivity index (χ3v) is 2.90. The number of carbonyl (C=O) groups excluding carboxylic acids is 1. The highest BCUT2D eigenvalue weighted by Crippen LogP contribution is 2.13. The predicted octanol–water partition coefficient (Wildman–Crippen LogP) is 1.56. The number of aryl methyl sites for hydroxylation is 1. The van der Waals surface area contributed by atoms with E-state index in [1.54, 1.807) is 13.8 Å². The van der Waals surface area contributed by atoms with E-state index in [2.05, 4.69) is 16.9 Å². The lowest BCUT2D eigenvalue weighted by Crippen LogP contribution is -2.30. The molecule has 20 heavy (non-hydrogen) atoms. The lowest BCUT2D eigenvalue weighted by Gasteiger charge is -2.21. The van der Waals surface area contributed by atoms with Crippen LogP contribution in [-0.2, 0) is 4.74 Å². The summed E-state index contributed by atoms with van der Waals surface area (Å²) in [6, 6.07) is 0. The first-order valence-electron chi connectivity index (χ1n) is 7.00. The quantitative estimate of drug-likeness (QED) is 0.729. The highest BCUT2D eigenvalue weighted by Gasteiger charge is 2.15. The molecule has 0 aromatic carbocycles. The van der Waals surface area contributed by atoms with E-state index in [1.165, 1.54) is 6.20 Å². The number of aromatic nitrogens is 2. The second-order valence-electron chi connectivity index (χ2n) is 4.45. The molecule has 112 valence electrons. The van der Waals surface area contributed by atoms with Gasteiger partial charge in [0, 0.05) is 19.3 Å². The van der Waals surface area contributed by atoms with Crippen molar-refractivity contribution in [2.75, 3.05) is 31.2 Å². The maximum atomic E-state index is 11.7. The zero-order valence-corrected chi connectivity index (χ0v) is 12.4. The van der Waals surface area contributed by atoms with Gasteiger partial charge >= 0.3 is 5.97 Å². The summed E-state index contributed by atoms with van der Waals surface area (Å²) in [5, 5.41) is 9.11. The van der Waals surface area contributed by atoms with Gasteiger partial charge in [-0.1, -0.05) is 13.3 Å². The number of aliphatic hydroxyl groups excluding tert-OH is 1. The van der Waals surface area contributed by atoms with E-state index in [4.69, 9.17) is 9.84 Å². The number of hydrogen-bond acceptors (Lipinski definition) is 6. The molecular formula is C14H23N3O3. The van der Waals surface area contributed by atoms with E-state index < -0.39 is 5.97 Å². The van der Waals surface area contributed by atoms with Crippen molar-refractivity contribution in [3.8, 4) is 0 Å². The first kappa shape index (κ1) is 16.4. The molecule has 0 atom stereocenters. The number of hydrogen-bond donors (Lipinski definition) is 1. The van der Waals surface area contributed by atoms with E-state index in [9.17, 15) is 4.79 Å². The molecule has 0 radical (unpaired) electrons. The van der Waals surface area contributed by atoms with Gasteiger partial charge < -0.3 is 14.7 Å². The van der Waals surface area contributed by atoms with Crippen molar-refractivity contribution >= 4 is 11.9 Å². The molecule has 0 aliphatic heterocycles. The number of esters is 1. The Morgan fingerprint density at radius 1 is 1.40 bits per heavy atom. The second kappa shape index (κ2) is 8.47. The summed E-state index contributed by atoms with van der Waals surface area (Å²) >= 11 is 0. The van der Waals surface area contributed by atoms with Crippen molar-refractivity contribution in [3.05, 3.63) is 17.5 Å². The van der Waals surface area contributed by atoms with Gasteiger partial charge in [-0.25, -0.2) is 14.8 Å². The standard InChI is InChI=1S/C14H23N3O3/c1-4-6-7-17(8-9-18)14-15-10-12(11(3)16-14)13(19)20-5-2/h10,18H,4-9H2,1-3H3. The van der Waals surface area contributed by atoms with E-state index >= 15 is 0 Å². The number of anilines is 1. The van der Waals surface area contributed by atoms with Gasteiger partial charge in [0.2, 0.25) is 5.95 Å². The van der Waals surface area contributed by atoms with Gasteiger partial charge in [0.05, 0.1) is 24.5 Å². The zero-order chi connectivity index (χ0) is 15.0. The average Bonchev–Trinajstić information content (AvgIpc) is 2.43. The molecule has 1 aromatic rings. The molecule has 0 spiro atoms. The number of ether oxygens (including phenoxy) is 1. The Morgan fingerprint density at radius 3 is 2.70 bits per heavy atom. The minimum absolute atomic E-state index is 0.0474. The normalized spacial score (nSPS) is 10.4. The fourth-order valence-corrected chi connectivity index (χ4v) is 1.80. The van der Waals surface area contributed by atoms with Crippen molar-refractivity contribution < 1.29 is 14.6 Å². The molecule has 0 unspecified atom stereocenters. The van der Waals surface area contributed by atoms with Crippen molar-refractivity contribution in [1.29, 1.82) is 0 Å². The van der Waals surface area contributed by atoms with Crippen LogP contribution in [0.15, 0.2) is 6.20 Å². The molecular weight excluding hydrogens is 258 g/mol. The van der Waals surface area contributed by atoms with Crippen LogP contribution in [0.2, 0.25) is 0 Å². The summed E-state index contributed by atoms with van der Waals surface area (Å²) in [4.78, 5) is 22.2. The minimum Gasteiger partial charge on any atom is -0.462 e. The van der Waals surface area contributed by atoms with Gasteiger partial charge in [-0.2, -0.15) is 0 Å². The van der Waals surface area contributed by atoms with Crippen LogP contribution in [0.25, 0.3) is 0 Å². The van der Waals surface area contributed by atoms with Crippen LogP contribution >= 0.6 is 0 Å². The SMILES string of the molecule is CCCCN(CCO)c1ncc(C(=O)OCC)c(C)n1. The van der Waals surface area contributed by atoms with Crippen LogP contribution in [0.1, 0.15) is 42.7 Å². The van der Waals surface area contributed by atoms with Crippen molar-refractivity contribution in [1.82, 2.24) is 9.97 Å². The van der Waals surface area contributed by atoms with Crippen LogP contribution in [-0.4, -0.2) is 47.3 Å². The van der Waals surface area contributed by atoms with Gasteiger partial charge in [0.25, 0.3) is 0 Å². The van der Waals surface area contributed by atoms with Gasteiger partial charge in [0.15, 0.2) is 0 Å². The maximum Gasteiger partial charge on any atom is 0.341 e. The van der Waals surface area contributed by atoms with Crippen molar-refractivity contribution in [2.24, 2.45) is 0 Å². The van der Waals surface area contributed by atoms with Crippen LogP contribution in [0.3, 0.4) is 0 Å². The zero-order valence-electron chi connectivity index (χ0n) is 12.4. The first-order valence-corrected chi connectivity index (χ1v) is 7.00. The molecule has 0 saturated carbocycles. The number of carbonyl (C=O) groups is 1. The van der Waals surface area contributed by atoms with E-state index in [0.717, 1.165) is 19.4 Å². The van der Waals surface area contributed by atoms with Gasteiger partial charge in [-0.3, -0.25) is 0 Å². The first-order chi connectivity index (χ1) is 9.63. The summed E-state index contributed by atoms with van der Waals surface area (Å²) in [6.07, 6.45) is 3.55. The van der Waals surface area contributed by atoms with Crippen LogP contribution in [0.5, 0.6) is 0 Å². The molecule has 1 aromatic heterocycles. The third-order valence-electron chi connectivity index (χ3n) is 2.90. The van der Waals surface area contributed by atoms with Gasteiger partial charge in [0.1, 0.15) is 0 Å². The minimum atomic E-state index is -0.404. The molecule has 1 rings (SSSR count). The average molecular weight is 281 g/mol. The Morgan fingerprint density at radius 2 is 2.15 bits per heavy atom. The molecule has 0 amide bonds. The summed E-state index contributed by atoms with van der Waals surface area (Å²) in [5.41, 5.74) is 0.975. The fraction of sp³-hybridized carbons (Fsp3) is 0.643. The highest BCUT2D eigenvalue weighted by atomic mass is 16.5. The van der Waals surface area contributed by atoms with Crippen molar-refractivity contribution in [3.63, 3.8) is 0 Å². The Balaban J connectivity index is 2.90. The van der Waals surface area contributed by atoms with Crippen LogP contribution < -0.4 is 4.90 Å². The summed E-state index contributed by atoms with van der Waals surface area (Å²) in [5.74, 6) is 0.136. The maximum absolute atomic E-state index is 11.7. The van der Waals surface area contributed by atoms with Gasteiger partial charge in [-0.15, -0.1) is 0 Å². The molecule has 1 heterocycles. The van der Waals surface area contributed by atoms with E-state index in [0.29, 0.717) is 30.4 Å². The Hall–Kier alpha value is -1.69. The lowest BCUT2D eigenvalue weighted by molar-refractivity contribution is 0.0524. The molecule has 0 fully saturated rings. The molecule has 6 nitrogen and oxygen atoms in total.